The molecule has 0 aliphatic carbocycles. The van der Waals surface area contributed by atoms with Gasteiger partial charge in [0.25, 0.3) is 0 Å². The van der Waals surface area contributed by atoms with Gasteiger partial charge in [0.15, 0.2) is 0 Å². The highest BCUT2D eigenvalue weighted by Crippen LogP contribution is 2.42. The molecule has 0 radical (unpaired) electrons. The van der Waals surface area contributed by atoms with E-state index >= 15 is 0 Å². The van der Waals surface area contributed by atoms with Crippen molar-refractivity contribution in [2.75, 3.05) is 32.1 Å². The Bertz CT molecular complexity index is 473. The average molecular weight is 262 g/mol. The summed E-state index contributed by atoms with van der Waals surface area (Å²) >= 11 is 0. The number of fused-ring (bicyclic) bond motifs is 3. The second-order valence-corrected chi connectivity index (χ2v) is 5.58. The molecule has 2 heterocycles. The summed E-state index contributed by atoms with van der Waals surface area (Å²) in [6, 6.07) is 4.28. The first-order valence-corrected chi connectivity index (χ1v) is 7.10. The van der Waals surface area contributed by atoms with Crippen LogP contribution < -0.4 is 9.64 Å². The van der Waals surface area contributed by atoms with E-state index in [1.165, 1.54) is 28.3 Å². The molecule has 1 N–H and O–H groups in total. The SMILES string of the molecule is CN1CCCc2c1ccc1c2C(N(C)O)CCCO1. The lowest BCUT2D eigenvalue weighted by Crippen LogP contribution is -2.28. The Labute approximate surface area is 114 Å². The van der Waals surface area contributed by atoms with E-state index in [1.807, 2.05) is 0 Å². The molecule has 0 bridgehead atoms. The highest BCUT2D eigenvalue weighted by Gasteiger charge is 2.29. The molecule has 104 valence electrons. The summed E-state index contributed by atoms with van der Waals surface area (Å²) in [6.45, 7) is 1.85. The molecule has 1 unspecified atom stereocenters. The number of anilines is 1. The largest absolute Gasteiger partial charge is 0.493 e. The van der Waals surface area contributed by atoms with Crippen LogP contribution in [0.2, 0.25) is 0 Å². The second kappa shape index (κ2) is 5.02. The Hall–Kier alpha value is -1.26. The number of ether oxygens (including phenoxy) is 1. The Balaban J connectivity index is 2.14. The van der Waals surface area contributed by atoms with E-state index in [-0.39, 0.29) is 6.04 Å². The van der Waals surface area contributed by atoms with E-state index in [4.69, 9.17) is 4.74 Å². The summed E-state index contributed by atoms with van der Waals surface area (Å²) in [6.07, 6.45) is 4.17. The summed E-state index contributed by atoms with van der Waals surface area (Å²) in [5.74, 6) is 0.956. The summed E-state index contributed by atoms with van der Waals surface area (Å²) in [5.41, 5.74) is 3.85. The van der Waals surface area contributed by atoms with Crippen molar-refractivity contribution >= 4 is 5.69 Å². The average Bonchev–Trinajstić information content (AvgIpc) is 2.61. The smallest absolute Gasteiger partial charge is 0.124 e. The standard InChI is InChI=1S/C15H22N2O2/c1-16-9-3-5-11-12(16)7-8-14-15(11)13(17(2)18)6-4-10-19-14/h7-8,13,18H,3-6,9-10H2,1-2H3. The Morgan fingerprint density at radius 2 is 2.21 bits per heavy atom. The van der Waals surface area contributed by atoms with Gasteiger partial charge >= 0.3 is 0 Å². The van der Waals surface area contributed by atoms with Gasteiger partial charge in [0.2, 0.25) is 0 Å². The van der Waals surface area contributed by atoms with Crippen molar-refractivity contribution in [2.45, 2.75) is 31.7 Å². The minimum absolute atomic E-state index is 0.0546. The molecule has 1 aromatic carbocycles. The number of rotatable bonds is 1. The third kappa shape index (κ3) is 2.19. The van der Waals surface area contributed by atoms with E-state index in [9.17, 15) is 5.21 Å². The van der Waals surface area contributed by atoms with Crippen LogP contribution in [-0.4, -0.2) is 37.5 Å². The van der Waals surface area contributed by atoms with Crippen molar-refractivity contribution in [3.63, 3.8) is 0 Å². The number of hydrogen-bond acceptors (Lipinski definition) is 4. The molecule has 1 atom stereocenters. The Kier molecular flexibility index (Phi) is 3.37. The fourth-order valence-electron chi connectivity index (χ4n) is 3.33. The fraction of sp³-hybridized carbons (Fsp3) is 0.600. The normalized spacial score (nSPS) is 22.5. The molecule has 19 heavy (non-hydrogen) atoms. The van der Waals surface area contributed by atoms with Gasteiger partial charge in [0.1, 0.15) is 5.75 Å². The van der Waals surface area contributed by atoms with Crippen LogP contribution >= 0.6 is 0 Å². The molecule has 0 saturated heterocycles. The van der Waals surface area contributed by atoms with Gasteiger partial charge < -0.3 is 14.8 Å². The molecule has 0 aromatic heterocycles. The summed E-state index contributed by atoms with van der Waals surface area (Å²) in [5, 5.41) is 11.3. The molecule has 0 spiro atoms. The monoisotopic (exact) mass is 262 g/mol. The summed E-state index contributed by atoms with van der Waals surface area (Å²) in [4.78, 5) is 2.30. The lowest BCUT2D eigenvalue weighted by molar-refractivity contribution is -0.106. The molecule has 0 saturated carbocycles. The molecular formula is C15H22N2O2. The van der Waals surface area contributed by atoms with Crippen LogP contribution in [0, 0.1) is 0 Å². The van der Waals surface area contributed by atoms with Crippen molar-refractivity contribution in [3.05, 3.63) is 23.3 Å². The molecule has 2 aliphatic rings. The van der Waals surface area contributed by atoms with Crippen LogP contribution in [0.4, 0.5) is 5.69 Å². The maximum absolute atomic E-state index is 9.98. The first kappa shape index (κ1) is 12.8. The maximum Gasteiger partial charge on any atom is 0.124 e. The number of benzene rings is 1. The zero-order chi connectivity index (χ0) is 13.4. The molecule has 3 rings (SSSR count). The van der Waals surface area contributed by atoms with Gasteiger partial charge in [0.05, 0.1) is 12.6 Å². The predicted octanol–water partition coefficient (Wildman–Crippen LogP) is 2.60. The van der Waals surface area contributed by atoms with Gasteiger partial charge in [-0.2, -0.15) is 5.06 Å². The van der Waals surface area contributed by atoms with Crippen molar-refractivity contribution in [3.8, 4) is 5.75 Å². The Morgan fingerprint density at radius 3 is 3.00 bits per heavy atom. The van der Waals surface area contributed by atoms with E-state index in [2.05, 4.69) is 24.1 Å². The zero-order valence-electron chi connectivity index (χ0n) is 11.7. The predicted molar refractivity (Wildman–Crippen MR) is 75.1 cm³/mol. The minimum Gasteiger partial charge on any atom is -0.493 e. The number of hydroxylamine groups is 2. The quantitative estimate of drug-likeness (QED) is 0.789. The lowest BCUT2D eigenvalue weighted by Gasteiger charge is -2.32. The fourth-order valence-corrected chi connectivity index (χ4v) is 3.33. The van der Waals surface area contributed by atoms with Crippen LogP contribution in [0.15, 0.2) is 12.1 Å². The molecule has 4 nitrogen and oxygen atoms in total. The highest BCUT2D eigenvalue weighted by molar-refractivity contribution is 5.63. The summed E-state index contributed by atoms with van der Waals surface area (Å²) < 4.78 is 5.87. The first-order chi connectivity index (χ1) is 9.18. The van der Waals surface area contributed by atoms with Crippen LogP contribution in [0.3, 0.4) is 0 Å². The molecule has 2 aliphatic heterocycles. The molecular weight excluding hydrogens is 240 g/mol. The highest BCUT2D eigenvalue weighted by atomic mass is 16.5. The van der Waals surface area contributed by atoms with Gasteiger partial charge in [-0.15, -0.1) is 0 Å². The van der Waals surface area contributed by atoms with E-state index < -0.39 is 0 Å². The topological polar surface area (TPSA) is 35.9 Å². The Morgan fingerprint density at radius 1 is 1.37 bits per heavy atom. The molecule has 1 aromatic rings. The van der Waals surface area contributed by atoms with Crippen molar-refractivity contribution in [2.24, 2.45) is 0 Å². The van der Waals surface area contributed by atoms with Gasteiger partial charge in [-0.05, 0) is 43.4 Å². The van der Waals surface area contributed by atoms with Crippen molar-refractivity contribution in [1.82, 2.24) is 5.06 Å². The van der Waals surface area contributed by atoms with Crippen LogP contribution in [0.1, 0.15) is 36.4 Å². The third-order valence-electron chi connectivity index (χ3n) is 4.29. The zero-order valence-corrected chi connectivity index (χ0v) is 11.7. The first-order valence-electron chi connectivity index (χ1n) is 7.10. The minimum atomic E-state index is 0.0546. The number of nitrogens with zero attached hydrogens (tertiary/aromatic N) is 2. The number of hydrogen-bond donors (Lipinski definition) is 1. The van der Waals surface area contributed by atoms with Crippen molar-refractivity contribution < 1.29 is 9.94 Å². The van der Waals surface area contributed by atoms with E-state index in [0.29, 0.717) is 0 Å². The van der Waals surface area contributed by atoms with Gasteiger partial charge in [0, 0.05) is 31.9 Å². The molecule has 4 heteroatoms. The van der Waals surface area contributed by atoms with E-state index in [1.54, 1.807) is 7.05 Å². The van der Waals surface area contributed by atoms with Gasteiger partial charge in [-0.1, -0.05) is 0 Å². The molecule has 0 fully saturated rings. The summed E-state index contributed by atoms with van der Waals surface area (Å²) in [7, 11) is 3.88. The van der Waals surface area contributed by atoms with Crippen LogP contribution in [0.5, 0.6) is 5.75 Å². The van der Waals surface area contributed by atoms with Crippen LogP contribution in [-0.2, 0) is 6.42 Å². The van der Waals surface area contributed by atoms with E-state index in [0.717, 1.165) is 38.2 Å². The van der Waals surface area contributed by atoms with Gasteiger partial charge in [-0.3, -0.25) is 0 Å². The van der Waals surface area contributed by atoms with Crippen LogP contribution in [0.25, 0.3) is 0 Å². The third-order valence-corrected chi connectivity index (χ3v) is 4.29. The molecule has 0 amide bonds. The van der Waals surface area contributed by atoms with Crippen molar-refractivity contribution in [1.29, 1.82) is 0 Å². The van der Waals surface area contributed by atoms with Gasteiger partial charge in [-0.25, -0.2) is 0 Å². The lowest BCUT2D eigenvalue weighted by atomic mass is 9.90. The second-order valence-electron chi connectivity index (χ2n) is 5.58. The maximum atomic E-state index is 9.98.